The number of methoxy groups -OCH3 is 1. The van der Waals surface area contributed by atoms with Crippen molar-refractivity contribution < 1.29 is 4.74 Å². The molecule has 0 unspecified atom stereocenters. The van der Waals surface area contributed by atoms with Crippen molar-refractivity contribution in [3.8, 4) is 6.07 Å². The molecular formula is C16H21N3O. The maximum atomic E-state index is 9.41. The van der Waals surface area contributed by atoms with Crippen molar-refractivity contribution >= 4 is 5.82 Å². The van der Waals surface area contributed by atoms with Gasteiger partial charge in [0.25, 0.3) is 0 Å². The van der Waals surface area contributed by atoms with Crippen LogP contribution in [0.5, 0.6) is 0 Å². The molecule has 4 nitrogen and oxygen atoms in total. The number of pyridine rings is 1. The predicted octanol–water partition coefficient (Wildman–Crippen LogP) is 2.45. The molecule has 0 saturated carbocycles. The van der Waals surface area contributed by atoms with Crippen molar-refractivity contribution in [1.82, 2.24) is 4.98 Å². The van der Waals surface area contributed by atoms with Crippen molar-refractivity contribution in [1.29, 1.82) is 5.26 Å². The zero-order valence-electron chi connectivity index (χ0n) is 12.1. The van der Waals surface area contributed by atoms with Crippen molar-refractivity contribution in [3.63, 3.8) is 0 Å². The quantitative estimate of drug-likeness (QED) is 0.829. The standard InChI is InChI=1S/C16H21N3O/c1-20-14-6-8-19(9-7-14)16-13(11-17)10-12-4-2-3-5-15(12)18-16/h10,14H,2-9H2,1H3. The molecule has 0 atom stereocenters. The van der Waals surface area contributed by atoms with E-state index in [1.54, 1.807) is 7.11 Å². The van der Waals surface area contributed by atoms with Gasteiger partial charge in [-0.15, -0.1) is 0 Å². The first-order valence-electron chi connectivity index (χ1n) is 7.52. The van der Waals surface area contributed by atoms with Crippen molar-refractivity contribution in [3.05, 3.63) is 22.9 Å². The molecule has 1 aromatic heterocycles. The molecule has 1 saturated heterocycles. The second-order valence-electron chi connectivity index (χ2n) is 5.71. The Labute approximate surface area is 120 Å². The van der Waals surface area contributed by atoms with Crippen LogP contribution in [0, 0.1) is 11.3 Å². The molecule has 0 N–H and O–H groups in total. The third-order valence-corrected chi connectivity index (χ3v) is 4.48. The highest BCUT2D eigenvalue weighted by molar-refractivity contribution is 5.56. The average Bonchev–Trinajstić information content (AvgIpc) is 2.53. The summed E-state index contributed by atoms with van der Waals surface area (Å²) in [5.74, 6) is 0.891. The fraction of sp³-hybridized carbons (Fsp3) is 0.625. The molecule has 106 valence electrons. The summed E-state index contributed by atoms with van der Waals surface area (Å²) in [6.07, 6.45) is 6.95. The lowest BCUT2D eigenvalue weighted by atomic mass is 9.94. The third kappa shape index (κ3) is 2.51. The van der Waals surface area contributed by atoms with Crippen LogP contribution in [0.4, 0.5) is 5.82 Å². The molecule has 20 heavy (non-hydrogen) atoms. The molecule has 0 aromatic carbocycles. The van der Waals surface area contributed by atoms with E-state index in [1.165, 1.54) is 24.1 Å². The first-order valence-corrected chi connectivity index (χ1v) is 7.52. The Hall–Kier alpha value is -1.60. The van der Waals surface area contributed by atoms with E-state index >= 15 is 0 Å². The Kier molecular flexibility index (Phi) is 3.88. The number of hydrogen-bond donors (Lipinski definition) is 0. The van der Waals surface area contributed by atoms with Gasteiger partial charge in [-0.3, -0.25) is 0 Å². The Morgan fingerprint density at radius 3 is 2.75 bits per heavy atom. The lowest BCUT2D eigenvalue weighted by Gasteiger charge is -2.33. The van der Waals surface area contributed by atoms with Gasteiger partial charge in [0.15, 0.2) is 0 Å². The first kappa shape index (κ1) is 13.4. The van der Waals surface area contributed by atoms with Crippen LogP contribution >= 0.6 is 0 Å². The van der Waals surface area contributed by atoms with E-state index in [0.29, 0.717) is 6.10 Å². The maximum Gasteiger partial charge on any atom is 0.146 e. The number of nitrogens with zero attached hydrogens (tertiary/aromatic N) is 3. The minimum absolute atomic E-state index is 0.356. The zero-order valence-corrected chi connectivity index (χ0v) is 12.1. The summed E-state index contributed by atoms with van der Waals surface area (Å²) >= 11 is 0. The minimum Gasteiger partial charge on any atom is -0.381 e. The van der Waals surface area contributed by atoms with Crippen LogP contribution in [-0.2, 0) is 17.6 Å². The fourth-order valence-corrected chi connectivity index (χ4v) is 3.25. The average molecular weight is 271 g/mol. The van der Waals surface area contributed by atoms with E-state index in [4.69, 9.17) is 9.72 Å². The second kappa shape index (κ2) is 5.80. The summed E-state index contributed by atoms with van der Waals surface area (Å²) in [5, 5.41) is 9.41. The largest absolute Gasteiger partial charge is 0.381 e. The molecular weight excluding hydrogens is 250 g/mol. The van der Waals surface area contributed by atoms with Gasteiger partial charge in [0.2, 0.25) is 0 Å². The van der Waals surface area contributed by atoms with Gasteiger partial charge in [-0.05, 0) is 50.2 Å². The SMILES string of the molecule is COC1CCN(c2nc3c(cc2C#N)CCCC3)CC1. The van der Waals surface area contributed by atoms with E-state index in [0.717, 1.165) is 50.2 Å². The number of aryl methyl sites for hydroxylation is 2. The van der Waals surface area contributed by atoms with Crippen molar-refractivity contribution in [2.75, 3.05) is 25.1 Å². The van der Waals surface area contributed by atoms with E-state index in [1.807, 2.05) is 0 Å². The summed E-state index contributed by atoms with van der Waals surface area (Å²) in [7, 11) is 1.78. The molecule has 3 rings (SSSR count). The third-order valence-electron chi connectivity index (χ3n) is 4.48. The molecule has 1 aliphatic carbocycles. The number of nitriles is 1. The summed E-state index contributed by atoms with van der Waals surface area (Å²) in [4.78, 5) is 7.07. The van der Waals surface area contributed by atoms with Gasteiger partial charge >= 0.3 is 0 Å². The number of piperidine rings is 1. The van der Waals surface area contributed by atoms with Gasteiger partial charge in [-0.25, -0.2) is 4.98 Å². The summed E-state index contributed by atoms with van der Waals surface area (Å²) in [6.45, 7) is 1.86. The zero-order chi connectivity index (χ0) is 13.9. The van der Waals surface area contributed by atoms with Gasteiger partial charge < -0.3 is 9.64 Å². The smallest absolute Gasteiger partial charge is 0.146 e. The Bertz CT molecular complexity index is 527. The molecule has 4 heteroatoms. The molecule has 0 spiro atoms. The van der Waals surface area contributed by atoms with Crippen LogP contribution in [0.15, 0.2) is 6.07 Å². The Morgan fingerprint density at radius 2 is 2.05 bits per heavy atom. The van der Waals surface area contributed by atoms with Gasteiger partial charge in [0, 0.05) is 25.9 Å². The number of hydrogen-bond acceptors (Lipinski definition) is 4. The Morgan fingerprint density at radius 1 is 1.30 bits per heavy atom. The highest BCUT2D eigenvalue weighted by atomic mass is 16.5. The van der Waals surface area contributed by atoms with Crippen LogP contribution in [-0.4, -0.2) is 31.3 Å². The molecule has 1 aliphatic heterocycles. The molecule has 1 fully saturated rings. The lowest BCUT2D eigenvalue weighted by Crippen LogP contribution is -2.37. The van der Waals surface area contributed by atoms with Gasteiger partial charge in [0.1, 0.15) is 11.9 Å². The summed E-state index contributed by atoms with van der Waals surface area (Å²) in [5.41, 5.74) is 3.23. The van der Waals surface area contributed by atoms with Crippen LogP contribution in [0.3, 0.4) is 0 Å². The monoisotopic (exact) mass is 271 g/mol. The first-order chi connectivity index (χ1) is 9.81. The van der Waals surface area contributed by atoms with E-state index < -0.39 is 0 Å². The highest BCUT2D eigenvalue weighted by Crippen LogP contribution is 2.28. The van der Waals surface area contributed by atoms with Crippen LogP contribution in [0.2, 0.25) is 0 Å². The predicted molar refractivity (Wildman–Crippen MR) is 77.8 cm³/mol. The molecule has 2 heterocycles. The number of fused-ring (bicyclic) bond motifs is 1. The van der Waals surface area contributed by atoms with Crippen LogP contribution in [0.1, 0.15) is 42.5 Å². The van der Waals surface area contributed by atoms with Crippen molar-refractivity contribution in [2.24, 2.45) is 0 Å². The molecule has 1 aromatic rings. The maximum absolute atomic E-state index is 9.41. The summed E-state index contributed by atoms with van der Waals surface area (Å²) in [6, 6.07) is 4.40. The topological polar surface area (TPSA) is 49.1 Å². The van der Waals surface area contributed by atoms with E-state index in [-0.39, 0.29) is 0 Å². The van der Waals surface area contributed by atoms with E-state index in [9.17, 15) is 5.26 Å². The number of rotatable bonds is 2. The van der Waals surface area contributed by atoms with Crippen LogP contribution < -0.4 is 4.90 Å². The van der Waals surface area contributed by atoms with E-state index in [2.05, 4.69) is 17.0 Å². The lowest BCUT2D eigenvalue weighted by molar-refractivity contribution is 0.0818. The normalized spacial score (nSPS) is 19.5. The van der Waals surface area contributed by atoms with Gasteiger partial charge in [0.05, 0.1) is 11.7 Å². The van der Waals surface area contributed by atoms with Gasteiger partial charge in [-0.1, -0.05) is 0 Å². The second-order valence-corrected chi connectivity index (χ2v) is 5.71. The molecule has 0 amide bonds. The highest BCUT2D eigenvalue weighted by Gasteiger charge is 2.23. The summed E-state index contributed by atoms with van der Waals surface area (Å²) < 4.78 is 5.41. The number of anilines is 1. The number of ether oxygens (including phenoxy) is 1. The molecule has 0 bridgehead atoms. The fourth-order valence-electron chi connectivity index (χ4n) is 3.25. The van der Waals surface area contributed by atoms with Crippen molar-refractivity contribution in [2.45, 2.75) is 44.6 Å². The van der Waals surface area contributed by atoms with Gasteiger partial charge in [-0.2, -0.15) is 5.26 Å². The van der Waals surface area contributed by atoms with Crippen LogP contribution in [0.25, 0.3) is 0 Å². The Balaban J connectivity index is 1.87. The molecule has 2 aliphatic rings. The minimum atomic E-state index is 0.356. The number of aromatic nitrogens is 1. The molecule has 0 radical (unpaired) electrons.